The molecule has 0 bridgehead atoms. The van der Waals surface area contributed by atoms with Crippen LogP contribution in [0.2, 0.25) is 0 Å². The molecule has 1 atom stereocenters. The molecule has 5 rings (SSSR count). The lowest BCUT2D eigenvalue weighted by Gasteiger charge is -2.13. The molecule has 0 aliphatic carbocycles. The van der Waals surface area contributed by atoms with Crippen molar-refractivity contribution in [2.45, 2.75) is 12.3 Å². The first kappa shape index (κ1) is 22.2. The second-order valence-corrected chi connectivity index (χ2v) is 8.18. The first-order valence-corrected chi connectivity index (χ1v) is 11.0. The molecule has 10 heteroatoms. The number of fused-ring (bicyclic) bond motifs is 1. The van der Waals surface area contributed by atoms with E-state index in [-0.39, 0.29) is 34.7 Å². The highest BCUT2D eigenvalue weighted by Crippen LogP contribution is 2.34. The molecule has 0 spiro atoms. The van der Waals surface area contributed by atoms with Crippen LogP contribution in [0.3, 0.4) is 0 Å². The summed E-state index contributed by atoms with van der Waals surface area (Å²) in [5.74, 6) is -0.491. The Morgan fingerprint density at radius 3 is 2.77 bits per heavy atom. The normalized spacial score (nSPS) is 15.3. The number of carbonyl (C=O) groups excluding carboxylic acids is 2. The van der Waals surface area contributed by atoms with Crippen LogP contribution < -0.4 is 11.1 Å². The lowest BCUT2D eigenvalue weighted by Crippen LogP contribution is -2.26. The van der Waals surface area contributed by atoms with E-state index in [9.17, 15) is 9.59 Å². The SMILES string of the molecule is C=CC(=O)N1CCC(c2nc(-c3ccc(C(=O)Nc4ccccn4)cc3F)n3c(N)nccc23)C1. The van der Waals surface area contributed by atoms with Gasteiger partial charge in [0.15, 0.2) is 5.82 Å². The third-order valence-electron chi connectivity index (χ3n) is 6.05. The van der Waals surface area contributed by atoms with E-state index in [1.165, 1.54) is 18.2 Å². The molecule has 3 N–H and O–H groups in total. The number of nitrogens with zero attached hydrogens (tertiary/aromatic N) is 5. The lowest BCUT2D eigenvalue weighted by atomic mass is 10.0. The predicted octanol–water partition coefficient (Wildman–Crippen LogP) is 3.27. The maximum absolute atomic E-state index is 15.3. The van der Waals surface area contributed by atoms with Gasteiger partial charge < -0.3 is 16.0 Å². The fourth-order valence-electron chi connectivity index (χ4n) is 4.34. The summed E-state index contributed by atoms with van der Waals surface area (Å²) in [5.41, 5.74) is 7.88. The molecule has 0 radical (unpaired) electrons. The van der Waals surface area contributed by atoms with Crippen LogP contribution in [-0.4, -0.2) is 49.2 Å². The van der Waals surface area contributed by atoms with Crippen molar-refractivity contribution in [3.05, 3.63) is 84.6 Å². The number of benzene rings is 1. The van der Waals surface area contributed by atoms with E-state index in [1.54, 1.807) is 46.0 Å². The Bertz CT molecular complexity index is 1450. The molecular formula is C25H22FN7O2. The Kier molecular flexibility index (Phi) is 5.69. The number of amides is 2. The largest absolute Gasteiger partial charge is 0.369 e. The Hall–Kier alpha value is -4.60. The van der Waals surface area contributed by atoms with Gasteiger partial charge >= 0.3 is 0 Å². The Labute approximate surface area is 200 Å². The van der Waals surface area contributed by atoms with Gasteiger partial charge in [-0.25, -0.2) is 19.3 Å². The van der Waals surface area contributed by atoms with Crippen LogP contribution in [0.15, 0.2) is 67.5 Å². The zero-order valence-electron chi connectivity index (χ0n) is 18.7. The van der Waals surface area contributed by atoms with Crippen LogP contribution in [0.1, 0.15) is 28.4 Å². The van der Waals surface area contributed by atoms with Gasteiger partial charge in [-0.2, -0.15) is 0 Å². The standard InChI is InChI=1S/C25H22FN7O2/c1-2-21(34)32-12-9-16(14-32)22-19-8-11-29-25(27)33(19)23(31-22)17-7-6-15(13-18(17)26)24(35)30-20-5-3-4-10-28-20/h2-8,10-11,13,16H,1,9,12,14H2,(H2,27,29)(H,28,30,35). The monoisotopic (exact) mass is 471 g/mol. The summed E-state index contributed by atoms with van der Waals surface area (Å²) in [7, 11) is 0. The van der Waals surface area contributed by atoms with Crippen molar-refractivity contribution in [1.82, 2.24) is 24.3 Å². The molecule has 3 aromatic heterocycles. The van der Waals surface area contributed by atoms with Gasteiger partial charge in [0.05, 0.1) is 16.8 Å². The van der Waals surface area contributed by atoms with Crippen molar-refractivity contribution in [3.8, 4) is 11.4 Å². The molecule has 1 aliphatic rings. The third kappa shape index (κ3) is 4.10. The van der Waals surface area contributed by atoms with Gasteiger partial charge in [0, 0.05) is 37.0 Å². The minimum Gasteiger partial charge on any atom is -0.369 e. The van der Waals surface area contributed by atoms with E-state index in [0.29, 0.717) is 36.5 Å². The summed E-state index contributed by atoms with van der Waals surface area (Å²) in [6, 6.07) is 11.0. The quantitative estimate of drug-likeness (QED) is 0.431. The number of likely N-dealkylation sites (tertiary alicyclic amines) is 1. The molecular weight excluding hydrogens is 449 g/mol. The van der Waals surface area contributed by atoms with Gasteiger partial charge in [-0.05, 0) is 48.9 Å². The highest BCUT2D eigenvalue weighted by atomic mass is 19.1. The summed E-state index contributed by atoms with van der Waals surface area (Å²) in [6.45, 7) is 4.61. The van der Waals surface area contributed by atoms with E-state index in [0.717, 1.165) is 6.07 Å². The van der Waals surface area contributed by atoms with Gasteiger partial charge in [0.1, 0.15) is 11.6 Å². The van der Waals surface area contributed by atoms with Crippen molar-refractivity contribution in [1.29, 1.82) is 0 Å². The van der Waals surface area contributed by atoms with Crippen LogP contribution in [0.25, 0.3) is 16.9 Å². The number of nitrogens with two attached hydrogens (primary N) is 1. The minimum absolute atomic E-state index is 0.0454. The zero-order chi connectivity index (χ0) is 24.5. The molecule has 4 heterocycles. The molecule has 1 aromatic carbocycles. The van der Waals surface area contributed by atoms with Crippen molar-refractivity contribution in [3.63, 3.8) is 0 Å². The highest BCUT2D eigenvalue weighted by Gasteiger charge is 2.31. The third-order valence-corrected chi connectivity index (χ3v) is 6.05. The first-order valence-electron chi connectivity index (χ1n) is 11.0. The van der Waals surface area contributed by atoms with Crippen LogP contribution >= 0.6 is 0 Å². The number of anilines is 2. The number of nitrogen functional groups attached to an aromatic ring is 1. The molecule has 9 nitrogen and oxygen atoms in total. The first-order chi connectivity index (χ1) is 17.0. The second-order valence-electron chi connectivity index (χ2n) is 8.18. The average Bonchev–Trinajstić information content (AvgIpc) is 3.50. The minimum atomic E-state index is -0.629. The average molecular weight is 471 g/mol. The Morgan fingerprint density at radius 2 is 2.03 bits per heavy atom. The van der Waals surface area contributed by atoms with E-state index in [1.807, 2.05) is 0 Å². The van der Waals surface area contributed by atoms with Crippen LogP contribution in [0.4, 0.5) is 16.2 Å². The predicted molar refractivity (Wildman–Crippen MR) is 129 cm³/mol. The summed E-state index contributed by atoms with van der Waals surface area (Å²) < 4.78 is 16.9. The number of rotatable bonds is 5. The summed E-state index contributed by atoms with van der Waals surface area (Å²) in [6.07, 6.45) is 5.13. The number of halogens is 1. The maximum Gasteiger partial charge on any atom is 0.256 e. The van der Waals surface area contributed by atoms with E-state index in [4.69, 9.17) is 10.7 Å². The molecule has 0 saturated carbocycles. The second kappa shape index (κ2) is 8.98. The smallest absolute Gasteiger partial charge is 0.256 e. The summed E-state index contributed by atoms with van der Waals surface area (Å²) in [5, 5.41) is 2.64. The van der Waals surface area contributed by atoms with Crippen molar-refractivity contribution in [2.24, 2.45) is 0 Å². The van der Waals surface area contributed by atoms with Crippen LogP contribution in [-0.2, 0) is 4.79 Å². The maximum atomic E-state index is 15.3. The number of aromatic nitrogens is 4. The fraction of sp³-hybridized carbons (Fsp3) is 0.160. The van der Waals surface area contributed by atoms with Gasteiger partial charge in [-0.15, -0.1) is 0 Å². The highest BCUT2D eigenvalue weighted by molar-refractivity contribution is 6.04. The molecule has 1 fully saturated rings. The number of carbonyl (C=O) groups is 2. The number of hydrogen-bond donors (Lipinski definition) is 2. The number of nitrogens with one attached hydrogen (secondary N) is 1. The van der Waals surface area contributed by atoms with Gasteiger partial charge in [-0.3, -0.25) is 14.0 Å². The summed E-state index contributed by atoms with van der Waals surface area (Å²) in [4.78, 5) is 39.3. The molecule has 176 valence electrons. The molecule has 2 amide bonds. The van der Waals surface area contributed by atoms with Gasteiger partial charge in [-0.1, -0.05) is 12.6 Å². The summed E-state index contributed by atoms with van der Waals surface area (Å²) >= 11 is 0. The molecule has 1 unspecified atom stereocenters. The van der Waals surface area contributed by atoms with Crippen molar-refractivity contribution < 1.29 is 14.0 Å². The number of hydrogen-bond acceptors (Lipinski definition) is 6. The van der Waals surface area contributed by atoms with Gasteiger partial charge in [0.25, 0.3) is 5.91 Å². The Morgan fingerprint density at radius 1 is 1.17 bits per heavy atom. The number of imidazole rings is 1. The Balaban J connectivity index is 1.51. The van der Waals surface area contributed by atoms with E-state index in [2.05, 4.69) is 21.9 Å². The van der Waals surface area contributed by atoms with Crippen molar-refractivity contribution >= 4 is 29.1 Å². The van der Waals surface area contributed by atoms with E-state index < -0.39 is 11.7 Å². The topological polar surface area (TPSA) is 119 Å². The molecule has 1 saturated heterocycles. The van der Waals surface area contributed by atoms with Crippen LogP contribution in [0, 0.1) is 5.82 Å². The lowest BCUT2D eigenvalue weighted by molar-refractivity contribution is -0.125. The van der Waals surface area contributed by atoms with Crippen LogP contribution in [0.5, 0.6) is 0 Å². The fourth-order valence-corrected chi connectivity index (χ4v) is 4.34. The van der Waals surface area contributed by atoms with E-state index >= 15 is 4.39 Å². The molecule has 35 heavy (non-hydrogen) atoms. The molecule has 1 aliphatic heterocycles. The van der Waals surface area contributed by atoms with Gasteiger partial charge in [0.2, 0.25) is 11.9 Å². The molecule has 4 aromatic rings. The van der Waals surface area contributed by atoms with Crippen molar-refractivity contribution in [2.75, 3.05) is 24.1 Å². The number of pyridine rings is 1. The zero-order valence-corrected chi connectivity index (χ0v) is 18.7.